The van der Waals surface area contributed by atoms with Gasteiger partial charge in [-0.15, -0.1) is 0 Å². The summed E-state index contributed by atoms with van der Waals surface area (Å²) in [5.74, 6) is 0. The van der Waals surface area contributed by atoms with E-state index >= 15 is 0 Å². The zero-order valence-electron chi connectivity index (χ0n) is 13.5. The second-order valence-corrected chi connectivity index (χ2v) is 7.06. The second kappa shape index (κ2) is 5.88. The van der Waals surface area contributed by atoms with Gasteiger partial charge in [0.25, 0.3) is 0 Å². The average Bonchev–Trinajstić information content (AvgIpc) is 2.83. The van der Waals surface area contributed by atoms with Crippen LogP contribution in [0.1, 0.15) is 78.0 Å². The van der Waals surface area contributed by atoms with Crippen molar-refractivity contribution < 1.29 is 5.11 Å². The maximum atomic E-state index is 11.1. The van der Waals surface area contributed by atoms with Gasteiger partial charge in [-0.3, -0.25) is 4.68 Å². The molecule has 3 nitrogen and oxygen atoms in total. The van der Waals surface area contributed by atoms with Gasteiger partial charge in [-0.25, -0.2) is 0 Å². The minimum atomic E-state index is -0.599. The van der Waals surface area contributed by atoms with E-state index in [-0.39, 0.29) is 5.41 Å². The van der Waals surface area contributed by atoms with Crippen molar-refractivity contribution in [1.82, 2.24) is 9.78 Å². The Labute approximate surface area is 123 Å². The summed E-state index contributed by atoms with van der Waals surface area (Å²) in [4.78, 5) is 0. The van der Waals surface area contributed by atoms with Crippen molar-refractivity contribution in [2.75, 3.05) is 0 Å². The third-order valence-corrected chi connectivity index (χ3v) is 5.36. The van der Waals surface area contributed by atoms with E-state index in [2.05, 4.69) is 44.6 Å². The highest BCUT2D eigenvalue weighted by Crippen LogP contribution is 2.45. The summed E-state index contributed by atoms with van der Waals surface area (Å²) in [6.45, 7) is 8.80. The van der Waals surface area contributed by atoms with E-state index in [0.717, 1.165) is 37.8 Å². The molecule has 0 aliphatic heterocycles. The molecule has 1 saturated carbocycles. The fourth-order valence-corrected chi connectivity index (χ4v) is 3.52. The molecule has 0 spiro atoms. The van der Waals surface area contributed by atoms with Gasteiger partial charge >= 0.3 is 0 Å². The Kier molecular flexibility index (Phi) is 4.58. The summed E-state index contributed by atoms with van der Waals surface area (Å²) in [5, 5.41) is 15.8. The molecule has 1 aromatic heterocycles. The lowest BCUT2D eigenvalue weighted by Crippen LogP contribution is -2.48. The minimum absolute atomic E-state index is 0.00998. The highest BCUT2D eigenvalue weighted by Gasteiger charge is 2.45. The van der Waals surface area contributed by atoms with Crippen LogP contribution in [0, 0.1) is 5.41 Å². The predicted octanol–water partition coefficient (Wildman–Crippen LogP) is 4.12. The summed E-state index contributed by atoms with van der Waals surface area (Å²) in [6, 6.07) is 2.57. The Balaban J connectivity index is 2.13. The van der Waals surface area contributed by atoms with Gasteiger partial charge in [0.1, 0.15) is 0 Å². The molecule has 1 N–H and O–H groups in total. The van der Waals surface area contributed by atoms with Gasteiger partial charge in [0, 0.05) is 12.6 Å². The Morgan fingerprint density at radius 2 is 1.90 bits per heavy atom. The van der Waals surface area contributed by atoms with E-state index in [1.807, 2.05) is 0 Å². The summed E-state index contributed by atoms with van der Waals surface area (Å²) in [5.41, 5.74) is 0.428. The van der Waals surface area contributed by atoms with Crippen LogP contribution in [0.4, 0.5) is 0 Å². The van der Waals surface area contributed by atoms with E-state index in [0.29, 0.717) is 12.5 Å². The SMILES string of the molecule is CCC(CC)n1ccc(CC2(O)CCCCC2(C)C)n1. The van der Waals surface area contributed by atoms with Gasteiger partial charge in [0.15, 0.2) is 0 Å². The molecule has 2 rings (SSSR count). The standard InChI is InChI=1S/C17H30N2O/c1-5-15(6-2)19-12-9-14(18-19)13-17(20)11-8-7-10-16(17,3)4/h9,12,15,20H,5-8,10-11,13H2,1-4H3. The van der Waals surface area contributed by atoms with Crippen molar-refractivity contribution in [3.05, 3.63) is 18.0 Å². The predicted molar refractivity (Wildman–Crippen MR) is 82.7 cm³/mol. The summed E-state index contributed by atoms with van der Waals surface area (Å²) < 4.78 is 2.08. The van der Waals surface area contributed by atoms with E-state index in [4.69, 9.17) is 5.10 Å². The molecular formula is C17H30N2O. The normalized spacial score (nSPS) is 26.1. The minimum Gasteiger partial charge on any atom is -0.389 e. The molecule has 0 amide bonds. The first kappa shape index (κ1) is 15.6. The third kappa shape index (κ3) is 2.93. The quantitative estimate of drug-likeness (QED) is 0.880. The fraction of sp³-hybridized carbons (Fsp3) is 0.824. The molecular weight excluding hydrogens is 248 g/mol. The molecule has 1 aliphatic rings. The van der Waals surface area contributed by atoms with Crippen LogP contribution in [0.15, 0.2) is 12.3 Å². The largest absolute Gasteiger partial charge is 0.389 e. The van der Waals surface area contributed by atoms with Crippen molar-refractivity contribution >= 4 is 0 Å². The van der Waals surface area contributed by atoms with Gasteiger partial charge in [-0.1, -0.05) is 40.5 Å². The molecule has 1 aliphatic carbocycles. The van der Waals surface area contributed by atoms with Crippen molar-refractivity contribution in [2.24, 2.45) is 5.41 Å². The number of hydrogen-bond donors (Lipinski definition) is 1. The summed E-state index contributed by atoms with van der Waals surface area (Å²) in [6.07, 6.45) is 9.35. The molecule has 3 heteroatoms. The molecule has 0 bridgehead atoms. The molecule has 0 aromatic carbocycles. The lowest BCUT2D eigenvalue weighted by molar-refractivity contribution is -0.0965. The van der Waals surface area contributed by atoms with Crippen molar-refractivity contribution in [3.8, 4) is 0 Å². The monoisotopic (exact) mass is 278 g/mol. The first-order valence-electron chi connectivity index (χ1n) is 8.18. The van der Waals surface area contributed by atoms with Crippen LogP contribution in [0.5, 0.6) is 0 Å². The van der Waals surface area contributed by atoms with E-state index in [9.17, 15) is 5.11 Å². The van der Waals surface area contributed by atoms with Gasteiger partial charge in [0.2, 0.25) is 0 Å². The first-order chi connectivity index (χ1) is 9.42. The highest BCUT2D eigenvalue weighted by molar-refractivity contribution is 5.09. The maximum absolute atomic E-state index is 11.1. The maximum Gasteiger partial charge on any atom is 0.0754 e. The molecule has 1 atom stereocenters. The average molecular weight is 278 g/mol. The van der Waals surface area contributed by atoms with Crippen LogP contribution in [-0.2, 0) is 6.42 Å². The number of aliphatic hydroxyl groups is 1. The van der Waals surface area contributed by atoms with Crippen LogP contribution < -0.4 is 0 Å². The topological polar surface area (TPSA) is 38.0 Å². The van der Waals surface area contributed by atoms with Crippen LogP contribution in [0.3, 0.4) is 0 Å². The number of rotatable bonds is 5. The van der Waals surface area contributed by atoms with Crippen molar-refractivity contribution in [3.63, 3.8) is 0 Å². The molecule has 1 aromatic rings. The van der Waals surface area contributed by atoms with Gasteiger partial charge in [0.05, 0.1) is 17.3 Å². The molecule has 1 unspecified atom stereocenters. The lowest BCUT2D eigenvalue weighted by atomic mass is 9.64. The number of nitrogens with zero attached hydrogens (tertiary/aromatic N) is 2. The number of hydrogen-bond acceptors (Lipinski definition) is 2. The van der Waals surface area contributed by atoms with Gasteiger partial charge in [-0.05, 0) is 37.2 Å². The van der Waals surface area contributed by atoms with E-state index in [1.54, 1.807) is 0 Å². The fourth-order valence-electron chi connectivity index (χ4n) is 3.52. The molecule has 114 valence electrons. The highest BCUT2D eigenvalue weighted by atomic mass is 16.3. The van der Waals surface area contributed by atoms with Crippen molar-refractivity contribution in [1.29, 1.82) is 0 Å². The smallest absolute Gasteiger partial charge is 0.0754 e. The Bertz CT molecular complexity index is 434. The van der Waals surface area contributed by atoms with E-state index < -0.39 is 5.60 Å². The molecule has 0 radical (unpaired) electrons. The van der Waals surface area contributed by atoms with Gasteiger partial charge in [-0.2, -0.15) is 5.10 Å². The van der Waals surface area contributed by atoms with Crippen LogP contribution in [0.2, 0.25) is 0 Å². The Hall–Kier alpha value is -0.830. The first-order valence-corrected chi connectivity index (χ1v) is 8.18. The zero-order chi connectivity index (χ0) is 14.8. The molecule has 20 heavy (non-hydrogen) atoms. The summed E-state index contributed by atoms with van der Waals surface area (Å²) in [7, 11) is 0. The molecule has 1 fully saturated rings. The van der Waals surface area contributed by atoms with Crippen LogP contribution in [0.25, 0.3) is 0 Å². The zero-order valence-corrected chi connectivity index (χ0v) is 13.5. The third-order valence-electron chi connectivity index (χ3n) is 5.36. The van der Waals surface area contributed by atoms with E-state index in [1.165, 1.54) is 6.42 Å². The molecule has 1 heterocycles. The Morgan fingerprint density at radius 1 is 1.25 bits per heavy atom. The van der Waals surface area contributed by atoms with Crippen molar-refractivity contribution in [2.45, 2.75) is 84.3 Å². The summed E-state index contributed by atoms with van der Waals surface area (Å²) >= 11 is 0. The second-order valence-electron chi connectivity index (χ2n) is 7.06. The number of aromatic nitrogens is 2. The Morgan fingerprint density at radius 3 is 2.50 bits per heavy atom. The van der Waals surface area contributed by atoms with Gasteiger partial charge < -0.3 is 5.11 Å². The lowest BCUT2D eigenvalue weighted by Gasteiger charge is -2.46. The molecule has 0 saturated heterocycles. The van der Waals surface area contributed by atoms with Crippen LogP contribution in [-0.4, -0.2) is 20.5 Å². The van der Waals surface area contributed by atoms with Crippen LogP contribution >= 0.6 is 0 Å².